The van der Waals surface area contributed by atoms with E-state index in [9.17, 15) is 13.2 Å². The number of sulfonamides is 1. The summed E-state index contributed by atoms with van der Waals surface area (Å²) in [5, 5.41) is 10.5. The van der Waals surface area contributed by atoms with E-state index in [1.54, 1.807) is 6.07 Å². The number of carbonyl (C=O) groups is 1. The van der Waals surface area contributed by atoms with E-state index in [4.69, 9.17) is 5.11 Å². The average Bonchev–Trinajstić information content (AvgIpc) is 2.52. The minimum absolute atomic E-state index is 0.292. The number of hydrogen-bond acceptors (Lipinski definition) is 3. The van der Waals surface area contributed by atoms with Crippen LogP contribution in [0.2, 0.25) is 0 Å². The van der Waals surface area contributed by atoms with Gasteiger partial charge in [-0.3, -0.25) is 4.72 Å². The normalized spacial score (nSPS) is 16.0. The largest absolute Gasteiger partial charge is 0.465 e. The van der Waals surface area contributed by atoms with Gasteiger partial charge in [-0.1, -0.05) is 31.4 Å². The Morgan fingerprint density at radius 2 is 1.96 bits per heavy atom. The molecule has 1 amide bonds. The molecule has 0 radical (unpaired) electrons. The molecule has 0 saturated heterocycles. The van der Waals surface area contributed by atoms with Crippen molar-refractivity contribution in [1.82, 2.24) is 5.32 Å². The molecule has 128 valence electrons. The van der Waals surface area contributed by atoms with Crippen molar-refractivity contribution in [2.45, 2.75) is 50.2 Å². The summed E-state index contributed by atoms with van der Waals surface area (Å²) in [4.78, 5) is 10.4. The summed E-state index contributed by atoms with van der Waals surface area (Å²) in [5.41, 5.74) is 1.57. The molecule has 0 aromatic heterocycles. The SMILES string of the molecule is O=C(O)NCCCc1cccc(NS(=O)(=O)C2CCCCC2)c1. The monoisotopic (exact) mass is 340 g/mol. The second kappa shape index (κ2) is 8.19. The van der Waals surface area contributed by atoms with Crippen molar-refractivity contribution >= 4 is 21.8 Å². The topological polar surface area (TPSA) is 95.5 Å². The summed E-state index contributed by atoms with van der Waals surface area (Å²) in [6.45, 7) is 0.382. The predicted molar refractivity (Wildman–Crippen MR) is 90.2 cm³/mol. The van der Waals surface area contributed by atoms with Crippen LogP contribution in [0.5, 0.6) is 0 Å². The van der Waals surface area contributed by atoms with Gasteiger partial charge in [-0.05, 0) is 43.4 Å². The van der Waals surface area contributed by atoms with Crippen LogP contribution in [0, 0.1) is 0 Å². The number of amides is 1. The maximum atomic E-state index is 12.4. The molecular formula is C16H24N2O4S. The van der Waals surface area contributed by atoms with Gasteiger partial charge in [0, 0.05) is 12.2 Å². The first-order chi connectivity index (χ1) is 11.0. The van der Waals surface area contributed by atoms with E-state index < -0.39 is 16.1 Å². The van der Waals surface area contributed by atoms with Crippen molar-refractivity contribution in [3.63, 3.8) is 0 Å². The first kappa shape index (κ1) is 17.6. The Balaban J connectivity index is 1.92. The third-order valence-electron chi connectivity index (χ3n) is 4.10. The highest BCUT2D eigenvalue weighted by molar-refractivity contribution is 7.93. The van der Waals surface area contributed by atoms with Crippen molar-refractivity contribution in [2.75, 3.05) is 11.3 Å². The quantitative estimate of drug-likeness (QED) is 0.665. The molecule has 3 N–H and O–H groups in total. The molecule has 0 spiro atoms. The molecule has 1 aliphatic carbocycles. The fraction of sp³-hybridized carbons (Fsp3) is 0.562. The Morgan fingerprint density at radius 3 is 2.65 bits per heavy atom. The van der Waals surface area contributed by atoms with Crippen LogP contribution in [0.3, 0.4) is 0 Å². The maximum absolute atomic E-state index is 12.4. The van der Waals surface area contributed by atoms with Crippen LogP contribution in [0.4, 0.5) is 10.5 Å². The lowest BCUT2D eigenvalue weighted by Gasteiger charge is -2.22. The van der Waals surface area contributed by atoms with Gasteiger partial charge >= 0.3 is 6.09 Å². The molecule has 2 rings (SSSR count). The minimum atomic E-state index is -3.33. The van der Waals surface area contributed by atoms with E-state index in [0.29, 0.717) is 25.1 Å². The molecule has 0 atom stereocenters. The number of anilines is 1. The van der Waals surface area contributed by atoms with Gasteiger partial charge in [0.15, 0.2) is 0 Å². The second-order valence-electron chi connectivity index (χ2n) is 5.94. The summed E-state index contributed by atoms with van der Waals surface area (Å²) in [6.07, 6.45) is 4.87. The van der Waals surface area contributed by atoms with Crippen LogP contribution in [0.15, 0.2) is 24.3 Å². The number of nitrogens with one attached hydrogen (secondary N) is 2. The average molecular weight is 340 g/mol. The van der Waals surface area contributed by atoms with Crippen molar-refractivity contribution < 1.29 is 18.3 Å². The fourth-order valence-electron chi connectivity index (χ4n) is 2.90. The highest BCUT2D eigenvalue weighted by Crippen LogP contribution is 2.25. The summed E-state index contributed by atoms with van der Waals surface area (Å²) in [7, 11) is -3.33. The van der Waals surface area contributed by atoms with Crippen molar-refractivity contribution in [1.29, 1.82) is 0 Å². The molecule has 1 saturated carbocycles. The van der Waals surface area contributed by atoms with Crippen LogP contribution in [0.25, 0.3) is 0 Å². The second-order valence-corrected chi connectivity index (χ2v) is 7.90. The van der Waals surface area contributed by atoms with Crippen LogP contribution in [-0.2, 0) is 16.4 Å². The van der Waals surface area contributed by atoms with Gasteiger partial charge in [0.05, 0.1) is 5.25 Å². The first-order valence-corrected chi connectivity index (χ1v) is 9.59. The Labute approximate surface area is 137 Å². The molecule has 1 aliphatic rings. The van der Waals surface area contributed by atoms with E-state index >= 15 is 0 Å². The van der Waals surface area contributed by atoms with E-state index in [2.05, 4.69) is 10.0 Å². The van der Waals surface area contributed by atoms with Gasteiger partial charge < -0.3 is 10.4 Å². The van der Waals surface area contributed by atoms with Gasteiger partial charge in [0.2, 0.25) is 10.0 Å². The highest BCUT2D eigenvalue weighted by Gasteiger charge is 2.27. The lowest BCUT2D eigenvalue weighted by atomic mass is 10.0. The van der Waals surface area contributed by atoms with Crippen LogP contribution >= 0.6 is 0 Å². The Hall–Kier alpha value is -1.76. The standard InChI is InChI=1S/C16H24N2O4S/c19-16(20)17-11-5-7-13-6-4-8-14(12-13)18-23(21,22)15-9-2-1-3-10-15/h4,6,8,12,15,17-18H,1-3,5,7,9-11H2,(H,19,20). The van der Waals surface area contributed by atoms with Gasteiger partial charge in [-0.15, -0.1) is 0 Å². The van der Waals surface area contributed by atoms with Crippen LogP contribution in [-0.4, -0.2) is 31.4 Å². The molecule has 0 bridgehead atoms. The molecular weight excluding hydrogens is 316 g/mol. The van der Waals surface area contributed by atoms with Gasteiger partial charge in [0.1, 0.15) is 0 Å². The van der Waals surface area contributed by atoms with E-state index in [1.807, 2.05) is 18.2 Å². The molecule has 0 aliphatic heterocycles. The zero-order valence-electron chi connectivity index (χ0n) is 13.1. The molecule has 6 nitrogen and oxygen atoms in total. The number of hydrogen-bond donors (Lipinski definition) is 3. The summed E-state index contributed by atoms with van der Waals surface area (Å²) in [6, 6.07) is 7.30. The number of rotatable bonds is 7. The number of aryl methyl sites for hydroxylation is 1. The Bertz CT molecular complexity index is 625. The Morgan fingerprint density at radius 1 is 1.22 bits per heavy atom. The van der Waals surface area contributed by atoms with Crippen LogP contribution in [0.1, 0.15) is 44.1 Å². The zero-order chi connectivity index (χ0) is 16.7. The molecule has 23 heavy (non-hydrogen) atoms. The Kier molecular flexibility index (Phi) is 6.27. The molecule has 0 unspecified atom stereocenters. The summed E-state index contributed by atoms with van der Waals surface area (Å²) in [5.74, 6) is 0. The zero-order valence-corrected chi connectivity index (χ0v) is 13.9. The smallest absolute Gasteiger partial charge is 0.404 e. The van der Waals surface area contributed by atoms with Crippen LogP contribution < -0.4 is 10.0 Å². The highest BCUT2D eigenvalue weighted by atomic mass is 32.2. The fourth-order valence-corrected chi connectivity index (χ4v) is 4.48. The third kappa shape index (κ3) is 5.74. The molecule has 1 aromatic carbocycles. The lowest BCUT2D eigenvalue weighted by molar-refractivity contribution is 0.194. The van der Waals surface area contributed by atoms with Gasteiger partial charge in [0.25, 0.3) is 0 Å². The van der Waals surface area contributed by atoms with Crippen molar-refractivity contribution in [3.8, 4) is 0 Å². The molecule has 7 heteroatoms. The van der Waals surface area contributed by atoms with Gasteiger partial charge in [-0.2, -0.15) is 0 Å². The molecule has 0 heterocycles. The van der Waals surface area contributed by atoms with Crippen molar-refractivity contribution in [3.05, 3.63) is 29.8 Å². The van der Waals surface area contributed by atoms with E-state index in [-0.39, 0.29) is 5.25 Å². The lowest BCUT2D eigenvalue weighted by Crippen LogP contribution is -2.29. The van der Waals surface area contributed by atoms with Crippen molar-refractivity contribution in [2.24, 2.45) is 0 Å². The van der Waals surface area contributed by atoms with Gasteiger partial charge in [-0.25, -0.2) is 13.2 Å². The minimum Gasteiger partial charge on any atom is -0.465 e. The summed E-state index contributed by atoms with van der Waals surface area (Å²) < 4.78 is 27.5. The predicted octanol–water partition coefficient (Wildman–Crippen LogP) is 2.96. The third-order valence-corrected chi connectivity index (χ3v) is 5.97. The molecule has 1 fully saturated rings. The number of benzene rings is 1. The van der Waals surface area contributed by atoms with E-state index in [1.165, 1.54) is 0 Å². The summed E-state index contributed by atoms with van der Waals surface area (Å²) >= 11 is 0. The first-order valence-electron chi connectivity index (χ1n) is 8.05. The van der Waals surface area contributed by atoms with E-state index in [0.717, 1.165) is 37.7 Å². The number of carboxylic acid groups (broad SMARTS) is 1. The molecule has 1 aromatic rings. The maximum Gasteiger partial charge on any atom is 0.404 e.